The summed E-state index contributed by atoms with van der Waals surface area (Å²) in [6, 6.07) is -0.916. The number of aliphatic hydroxyl groups is 8. The van der Waals surface area contributed by atoms with E-state index in [1.807, 2.05) is 6.08 Å². The predicted molar refractivity (Wildman–Crippen MR) is 309 cm³/mol. The Hall–Kier alpha value is -1.53. The molecule has 0 saturated carbocycles. The Labute approximate surface area is 468 Å². The zero-order valence-electron chi connectivity index (χ0n) is 49.0. The zero-order valence-corrected chi connectivity index (χ0v) is 49.0. The fraction of sp³-hybridized carbons (Fsp3) is 0.921. The summed E-state index contributed by atoms with van der Waals surface area (Å²) >= 11 is 0. The van der Waals surface area contributed by atoms with Crippen LogP contribution in [0.3, 0.4) is 0 Å². The van der Waals surface area contributed by atoms with Crippen LogP contribution in [0.25, 0.3) is 0 Å². The molecule has 2 aliphatic heterocycles. The van der Waals surface area contributed by atoms with E-state index < -0.39 is 86.8 Å². The smallest absolute Gasteiger partial charge is 0.220 e. The molecule has 0 aromatic heterocycles. The third kappa shape index (κ3) is 34.5. The highest BCUT2D eigenvalue weighted by Gasteiger charge is 2.51. The van der Waals surface area contributed by atoms with Crippen molar-refractivity contribution < 1.29 is 64.6 Å². The molecule has 2 aliphatic rings. The number of rotatable bonds is 52. The van der Waals surface area contributed by atoms with Crippen LogP contribution in [0.4, 0.5) is 0 Å². The number of hydrogen-bond donors (Lipinski definition) is 9. The van der Waals surface area contributed by atoms with Gasteiger partial charge in [0.15, 0.2) is 12.6 Å². The molecular weight excluding hydrogens is 979 g/mol. The summed E-state index contributed by atoms with van der Waals surface area (Å²) in [7, 11) is 0. The lowest BCUT2D eigenvalue weighted by Crippen LogP contribution is -2.65. The van der Waals surface area contributed by atoms with Gasteiger partial charge >= 0.3 is 0 Å². The van der Waals surface area contributed by atoms with E-state index in [2.05, 4.69) is 31.3 Å². The minimum atomic E-state index is -1.79. The van der Waals surface area contributed by atoms with Crippen molar-refractivity contribution >= 4 is 5.91 Å². The predicted octanol–water partition coefficient (Wildman–Crippen LogP) is 11.6. The highest BCUT2D eigenvalue weighted by atomic mass is 16.7. The highest BCUT2D eigenvalue weighted by molar-refractivity contribution is 5.76. The Kier molecular flexibility index (Phi) is 45.7. The molecular formula is C63H119NO13. The largest absolute Gasteiger partial charge is 0.394 e. The zero-order chi connectivity index (χ0) is 56.0. The Morgan fingerprint density at radius 1 is 0.455 bits per heavy atom. The molecule has 2 fully saturated rings. The van der Waals surface area contributed by atoms with Crippen LogP contribution in [0.1, 0.15) is 277 Å². The molecule has 0 aromatic rings. The summed E-state index contributed by atoms with van der Waals surface area (Å²) in [6.45, 7) is 2.74. The molecule has 14 nitrogen and oxygen atoms in total. The van der Waals surface area contributed by atoms with Crippen molar-refractivity contribution in [1.82, 2.24) is 5.32 Å². The van der Waals surface area contributed by atoms with Crippen molar-refractivity contribution in [3.8, 4) is 0 Å². The van der Waals surface area contributed by atoms with Crippen molar-refractivity contribution in [3.05, 3.63) is 24.3 Å². The second-order valence-corrected chi connectivity index (χ2v) is 22.9. The summed E-state index contributed by atoms with van der Waals surface area (Å²) in [5.41, 5.74) is 0. The fourth-order valence-electron chi connectivity index (χ4n) is 10.7. The Morgan fingerprint density at radius 3 is 1.29 bits per heavy atom. The van der Waals surface area contributed by atoms with Gasteiger partial charge in [0.05, 0.1) is 32.0 Å². The minimum Gasteiger partial charge on any atom is -0.394 e. The lowest BCUT2D eigenvalue weighted by molar-refractivity contribution is -0.359. The van der Waals surface area contributed by atoms with E-state index >= 15 is 0 Å². The number of aliphatic hydroxyl groups excluding tert-OH is 8. The lowest BCUT2D eigenvalue weighted by atomic mass is 9.97. The van der Waals surface area contributed by atoms with E-state index in [0.717, 1.165) is 64.2 Å². The van der Waals surface area contributed by atoms with E-state index in [-0.39, 0.29) is 18.9 Å². The van der Waals surface area contributed by atoms with Crippen LogP contribution in [0.2, 0.25) is 0 Å². The van der Waals surface area contributed by atoms with Gasteiger partial charge in [-0.15, -0.1) is 0 Å². The second-order valence-electron chi connectivity index (χ2n) is 22.9. The van der Waals surface area contributed by atoms with Gasteiger partial charge in [-0.05, 0) is 38.5 Å². The maximum Gasteiger partial charge on any atom is 0.220 e. The summed E-state index contributed by atoms with van der Waals surface area (Å²) < 4.78 is 22.7. The normalized spacial score (nSPS) is 24.8. The van der Waals surface area contributed by atoms with Gasteiger partial charge < -0.3 is 65.1 Å². The second kappa shape index (κ2) is 49.1. The highest BCUT2D eigenvalue weighted by Crippen LogP contribution is 2.30. The molecule has 14 heteroatoms. The molecule has 2 saturated heterocycles. The third-order valence-electron chi connectivity index (χ3n) is 15.9. The molecule has 12 atom stereocenters. The molecule has 12 unspecified atom stereocenters. The lowest BCUT2D eigenvalue weighted by Gasteiger charge is -2.46. The van der Waals surface area contributed by atoms with E-state index in [0.29, 0.717) is 6.42 Å². The number of carbonyl (C=O) groups excluding carboxylic acids is 1. The first kappa shape index (κ1) is 71.6. The van der Waals surface area contributed by atoms with Crippen LogP contribution in [0.15, 0.2) is 24.3 Å². The molecule has 0 radical (unpaired) electrons. The average molecular weight is 1100 g/mol. The SMILES string of the molecule is CCC/C=C\CCCCCCCC(=O)NC(COC1OC(CO)C(OC2OC(CO)C(O)C(O)C2O)C(O)C1O)C(O)/C=C/CCCCCCCCCCCCCCCCCCCCCCCCCCCCCCCCC. The van der Waals surface area contributed by atoms with Crippen LogP contribution in [0, 0.1) is 0 Å². The quantitative estimate of drug-likeness (QED) is 0.0204. The molecule has 2 heterocycles. The van der Waals surface area contributed by atoms with Crippen LogP contribution in [0.5, 0.6) is 0 Å². The number of nitrogens with one attached hydrogen (secondary N) is 1. The van der Waals surface area contributed by atoms with Gasteiger partial charge in [0.2, 0.25) is 5.91 Å². The molecule has 0 aliphatic carbocycles. The van der Waals surface area contributed by atoms with Gasteiger partial charge in [-0.2, -0.15) is 0 Å². The fourth-order valence-corrected chi connectivity index (χ4v) is 10.7. The monoisotopic (exact) mass is 1100 g/mol. The molecule has 0 aromatic carbocycles. The van der Waals surface area contributed by atoms with Gasteiger partial charge in [-0.3, -0.25) is 4.79 Å². The third-order valence-corrected chi connectivity index (χ3v) is 15.9. The number of amides is 1. The molecule has 9 N–H and O–H groups in total. The first-order chi connectivity index (χ1) is 37.6. The molecule has 454 valence electrons. The maximum atomic E-state index is 13.2. The summed E-state index contributed by atoms with van der Waals surface area (Å²) in [5.74, 6) is -0.249. The number of hydrogen-bond acceptors (Lipinski definition) is 13. The van der Waals surface area contributed by atoms with Crippen LogP contribution >= 0.6 is 0 Å². The van der Waals surface area contributed by atoms with E-state index in [4.69, 9.17) is 18.9 Å². The van der Waals surface area contributed by atoms with Crippen LogP contribution < -0.4 is 5.32 Å². The summed E-state index contributed by atoms with van der Waals surface area (Å²) in [4.78, 5) is 13.2. The van der Waals surface area contributed by atoms with Gasteiger partial charge in [-0.25, -0.2) is 0 Å². The van der Waals surface area contributed by atoms with E-state index in [1.54, 1.807) is 6.08 Å². The first-order valence-electron chi connectivity index (χ1n) is 32.1. The molecule has 77 heavy (non-hydrogen) atoms. The molecule has 0 spiro atoms. The topological polar surface area (TPSA) is 228 Å². The Bertz CT molecular complexity index is 1390. The van der Waals surface area contributed by atoms with Crippen molar-refractivity contribution in [2.24, 2.45) is 0 Å². The number of carbonyl (C=O) groups is 1. The Balaban J connectivity index is 1.61. The van der Waals surface area contributed by atoms with Crippen molar-refractivity contribution in [2.45, 2.75) is 351 Å². The molecule has 0 bridgehead atoms. The molecule has 1 amide bonds. The van der Waals surface area contributed by atoms with Crippen LogP contribution in [-0.4, -0.2) is 140 Å². The first-order valence-corrected chi connectivity index (χ1v) is 32.1. The van der Waals surface area contributed by atoms with Crippen molar-refractivity contribution in [2.75, 3.05) is 19.8 Å². The van der Waals surface area contributed by atoms with Gasteiger partial charge in [-0.1, -0.05) is 256 Å². The van der Waals surface area contributed by atoms with Gasteiger partial charge in [0.25, 0.3) is 0 Å². The van der Waals surface area contributed by atoms with E-state index in [1.165, 1.54) is 186 Å². The summed E-state index contributed by atoms with van der Waals surface area (Å²) in [6.07, 6.45) is 42.7. The minimum absolute atomic E-state index is 0.249. The van der Waals surface area contributed by atoms with Crippen molar-refractivity contribution in [3.63, 3.8) is 0 Å². The number of ether oxygens (including phenoxy) is 4. The number of allylic oxidation sites excluding steroid dienone is 3. The maximum absolute atomic E-state index is 13.2. The number of unbranched alkanes of at least 4 members (excludes halogenated alkanes) is 37. The van der Waals surface area contributed by atoms with E-state index in [9.17, 15) is 45.6 Å². The van der Waals surface area contributed by atoms with Crippen LogP contribution in [-0.2, 0) is 23.7 Å². The Morgan fingerprint density at radius 2 is 0.844 bits per heavy atom. The standard InChI is InChI=1S/C63H119NO13/c1-3-5-7-9-11-13-15-16-17-18-19-20-21-22-23-24-25-26-27-28-29-30-31-32-33-34-35-36-37-38-40-42-44-46-52(67)51(64-55(68)47-45-43-41-39-14-12-10-8-6-4-2)50-74-62-60(73)58(71)61(54(49-66)76-62)77-63-59(72)57(70)56(69)53(48-65)75-63/h8,10,44,46,51-54,56-63,65-67,69-73H,3-7,9,11-43,45,47-50H2,1-2H3,(H,64,68)/b10-8-,46-44+. The van der Waals surface area contributed by atoms with Crippen molar-refractivity contribution in [1.29, 1.82) is 0 Å². The van der Waals surface area contributed by atoms with Gasteiger partial charge in [0.1, 0.15) is 48.8 Å². The summed E-state index contributed by atoms with van der Waals surface area (Å²) in [5, 5.41) is 87.0. The van der Waals surface area contributed by atoms with Gasteiger partial charge in [0, 0.05) is 6.42 Å². The molecule has 2 rings (SSSR count). The average Bonchev–Trinajstić information content (AvgIpc) is 3.44.